The van der Waals surface area contributed by atoms with Gasteiger partial charge in [-0.1, -0.05) is 29.8 Å². The number of rotatable bonds is 4. The first-order chi connectivity index (χ1) is 13.3. The maximum absolute atomic E-state index is 12.7. The van der Waals surface area contributed by atoms with Crippen molar-refractivity contribution in [3.8, 4) is 11.8 Å². The van der Waals surface area contributed by atoms with Crippen LogP contribution in [-0.2, 0) is 12.7 Å². The summed E-state index contributed by atoms with van der Waals surface area (Å²) in [4.78, 5) is 12.4. The van der Waals surface area contributed by atoms with E-state index >= 15 is 0 Å². The molecule has 9 heteroatoms. The van der Waals surface area contributed by atoms with Gasteiger partial charge in [-0.15, -0.1) is 0 Å². The van der Waals surface area contributed by atoms with E-state index in [9.17, 15) is 23.2 Å². The lowest BCUT2D eigenvalue weighted by molar-refractivity contribution is -0.137. The van der Waals surface area contributed by atoms with Gasteiger partial charge in [0, 0.05) is 0 Å². The van der Waals surface area contributed by atoms with Crippen molar-refractivity contribution in [2.45, 2.75) is 19.6 Å². The SMILES string of the molecule is Cc1ccc(/C=C(\C#N)Cn2nnn(-c3ccc(C(F)(F)F)cc3)c2=O)cc1. The first-order valence-corrected chi connectivity index (χ1v) is 8.16. The third-order valence-electron chi connectivity index (χ3n) is 3.96. The van der Waals surface area contributed by atoms with Gasteiger partial charge < -0.3 is 0 Å². The highest BCUT2D eigenvalue weighted by Gasteiger charge is 2.30. The molecule has 6 nitrogen and oxygen atoms in total. The van der Waals surface area contributed by atoms with Crippen molar-refractivity contribution in [1.29, 1.82) is 5.26 Å². The lowest BCUT2D eigenvalue weighted by Gasteiger charge is -2.06. The zero-order valence-corrected chi connectivity index (χ0v) is 14.7. The highest BCUT2D eigenvalue weighted by Crippen LogP contribution is 2.29. The summed E-state index contributed by atoms with van der Waals surface area (Å²) in [7, 11) is 0. The van der Waals surface area contributed by atoms with Crippen LogP contribution in [-0.4, -0.2) is 19.8 Å². The molecule has 1 aromatic heterocycles. The highest BCUT2D eigenvalue weighted by atomic mass is 19.4. The van der Waals surface area contributed by atoms with Crippen LogP contribution < -0.4 is 5.69 Å². The molecule has 0 atom stereocenters. The van der Waals surface area contributed by atoms with E-state index in [1.54, 1.807) is 6.08 Å². The fourth-order valence-corrected chi connectivity index (χ4v) is 2.47. The van der Waals surface area contributed by atoms with Crippen LogP contribution in [0.1, 0.15) is 16.7 Å². The predicted molar refractivity (Wildman–Crippen MR) is 95.4 cm³/mol. The Morgan fingerprint density at radius 3 is 2.32 bits per heavy atom. The molecule has 0 unspecified atom stereocenters. The standard InChI is InChI=1S/C19H14F3N5O/c1-13-2-4-14(5-3-13)10-15(11-23)12-26-18(28)27(25-24-26)17-8-6-16(7-9-17)19(20,21)22/h2-10H,12H2,1H3/b15-10+. The fraction of sp³-hybridized carbons (Fsp3) is 0.158. The van der Waals surface area contributed by atoms with Gasteiger partial charge >= 0.3 is 11.9 Å². The van der Waals surface area contributed by atoms with Gasteiger partial charge in [0.1, 0.15) is 0 Å². The second kappa shape index (κ2) is 7.52. The molecule has 0 aliphatic rings. The van der Waals surface area contributed by atoms with Crippen LogP contribution in [0, 0.1) is 18.3 Å². The largest absolute Gasteiger partial charge is 0.416 e. The van der Waals surface area contributed by atoms with Crippen molar-refractivity contribution in [3.63, 3.8) is 0 Å². The summed E-state index contributed by atoms with van der Waals surface area (Å²) in [5.41, 5.74) is 0.807. The van der Waals surface area contributed by atoms with Gasteiger partial charge in [0.05, 0.1) is 29.4 Å². The predicted octanol–water partition coefficient (Wildman–Crippen LogP) is 3.36. The molecule has 0 aliphatic carbocycles. The van der Waals surface area contributed by atoms with Crippen LogP contribution in [0.5, 0.6) is 0 Å². The number of hydrogen-bond acceptors (Lipinski definition) is 4. The number of hydrogen-bond donors (Lipinski definition) is 0. The maximum atomic E-state index is 12.7. The maximum Gasteiger partial charge on any atom is 0.416 e. The zero-order chi connectivity index (χ0) is 20.3. The van der Waals surface area contributed by atoms with Gasteiger partial charge in [-0.3, -0.25) is 0 Å². The van der Waals surface area contributed by atoms with Crippen molar-refractivity contribution in [2.24, 2.45) is 0 Å². The van der Waals surface area contributed by atoms with Gasteiger partial charge in [-0.2, -0.15) is 27.8 Å². The van der Waals surface area contributed by atoms with Gasteiger partial charge in [0.2, 0.25) is 0 Å². The number of alkyl halides is 3. The van der Waals surface area contributed by atoms with E-state index in [1.807, 2.05) is 37.3 Å². The van der Waals surface area contributed by atoms with Gasteiger partial charge in [0.25, 0.3) is 0 Å². The van der Waals surface area contributed by atoms with E-state index in [0.29, 0.717) is 0 Å². The normalized spacial score (nSPS) is 12.0. The monoisotopic (exact) mass is 385 g/mol. The highest BCUT2D eigenvalue weighted by molar-refractivity contribution is 5.57. The first kappa shape index (κ1) is 19.1. The zero-order valence-electron chi connectivity index (χ0n) is 14.7. The molecule has 0 spiro atoms. The van der Waals surface area contributed by atoms with Crippen LogP contribution in [0.15, 0.2) is 58.9 Å². The van der Waals surface area contributed by atoms with Crippen LogP contribution in [0.3, 0.4) is 0 Å². The fourth-order valence-electron chi connectivity index (χ4n) is 2.47. The van der Waals surface area contributed by atoms with Crippen LogP contribution in [0.2, 0.25) is 0 Å². The molecule has 0 bridgehead atoms. The minimum atomic E-state index is -4.47. The first-order valence-electron chi connectivity index (χ1n) is 8.16. The number of benzene rings is 2. The van der Waals surface area contributed by atoms with Crippen molar-refractivity contribution < 1.29 is 13.2 Å². The molecule has 0 saturated carbocycles. The number of tetrazole rings is 1. The summed E-state index contributed by atoms with van der Waals surface area (Å²) < 4.78 is 39.8. The molecule has 3 rings (SSSR count). The minimum Gasteiger partial charge on any atom is -0.244 e. The molecule has 3 aromatic rings. The second-order valence-electron chi connectivity index (χ2n) is 6.07. The Kier molecular flexibility index (Phi) is 5.13. The van der Waals surface area contributed by atoms with Crippen molar-refractivity contribution >= 4 is 6.08 Å². The van der Waals surface area contributed by atoms with E-state index in [4.69, 9.17) is 0 Å². The summed E-state index contributed by atoms with van der Waals surface area (Å²) in [5.74, 6) is 0. The quantitative estimate of drug-likeness (QED) is 0.646. The summed E-state index contributed by atoms with van der Waals surface area (Å²) in [6.07, 6.45) is -2.84. The van der Waals surface area contributed by atoms with Gasteiger partial charge in [-0.05, 0) is 53.3 Å². The second-order valence-corrected chi connectivity index (χ2v) is 6.07. The summed E-state index contributed by atoms with van der Waals surface area (Å²) in [6.45, 7) is 1.83. The van der Waals surface area contributed by atoms with Gasteiger partial charge in [-0.25, -0.2) is 4.79 Å². The number of nitrogens with zero attached hydrogens (tertiary/aromatic N) is 5. The Morgan fingerprint density at radius 1 is 1.11 bits per heavy atom. The number of aryl methyl sites for hydroxylation is 1. The summed E-state index contributed by atoms with van der Waals surface area (Å²) in [5, 5.41) is 16.7. The Balaban J connectivity index is 1.85. The Labute approximate surface area is 157 Å². The topological polar surface area (TPSA) is 76.5 Å². The van der Waals surface area contributed by atoms with Crippen molar-refractivity contribution in [2.75, 3.05) is 0 Å². The van der Waals surface area contributed by atoms with Crippen molar-refractivity contribution in [1.82, 2.24) is 19.8 Å². The lowest BCUT2D eigenvalue weighted by Crippen LogP contribution is -2.25. The number of nitriles is 1. The average molecular weight is 385 g/mol. The van der Waals surface area contributed by atoms with E-state index in [1.165, 1.54) is 0 Å². The molecular weight excluding hydrogens is 371 g/mol. The molecule has 0 fully saturated rings. The molecule has 0 aliphatic heterocycles. The Hall–Kier alpha value is -3.67. The number of allylic oxidation sites excluding steroid dienone is 1. The molecule has 0 saturated heterocycles. The molecular formula is C19H14F3N5O. The Bertz CT molecular complexity index is 1100. The molecule has 1 heterocycles. The lowest BCUT2D eigenvalue weighted by atomic mass is 10.1. The molecule has 0 N–H and O–H groups in total. The van der Waals surface area contributed by atoms with Gasteiger partial charge in [0.15, 0.2) is 0 Å². The molecule has 142 valence electrons. The number of halogens is 3. The molecule has 28 heavy (non-hydrogen) atoms. The van der Waals surface area contributed by atoms with Crippen LogP contribution >= 0.6 is 0 Å². The smallest absolute Gasteiger partial charge is 0.244 e. The summed E-state index contributed by atoms with van der Waals surface area (Å²) in [6, 6.07) is 13.5. The third-order valence-corrected chi connectivity index (χ3v) is 3.96. The molecule has 2 aromatic carbocycles. The van der Waals surface area contributed by atoms with Crippen molar-refractivity contribution in [3.05, 3.63) is 81.3 Å². The van der Waals surface area contributed by atoms with E-state index in [0.717, 1.165) is 44.8 Å². The Morgan fingerprint density at radius 2 is 1.75 bits per heavy atom. The van der Waals surface area contributed by atoms with E-state index in [-0.39, 0.29) is 17.8 Å². The third kappa shape index (κ3) is 4.17. The van der Waals surface area contributed by atoms with Crippen LogP contribution in [0.4, 0.5) is 13.2 Å². The van der Waals surface area contributed by atoms with Crippen LogP contribution in [0.25, 0.3) is 11.8 Å². The number of aromatic nitrogens is 4. The van der Waals surface area contributed by atoms with E-state index in [2.05, 4.69) is 10.4 Å². The average Bonchev–Trinajstić information content (AvgIpc) is 3.02. The van der Waals surface area contributed by atoms with E-state index < -0.39 is 17.4 Å². The molecule has 0 radical (unpaired) electrons. The molecule has 0 amide bonds. The summed E-state index contributed by atoms with van der Waals surface area (Å²) >= 11 is 0. The minimum absolute atomic E-state index is 0.107.